The standard InChI is InChI=1S/C20H20N4O4S3/c1-10-11(2)30-20-18(10)19(21-12(3)22-20)29-9-17(26)24-31(27,28)14-5-6-15-13(8-14)4-7-16(25)23-15/h5-6,8H,4,7,9H2,1-3H3,(H,23,25)(H,24,26). The third-order valence-corrected chi connectivity index (χ3v) is 8.43. The highest BCUT2D eigenvalue weighted by Crippen LogP contribution is 2.35. The highest BCUT2D eigenvalue weighted by atomic mass is 32.2. The van der Waals surface area contributed by atoms with Crippen LogP contribution in [0.2, 0.25) is 0 Å². The molecule has 0 aliphatic carbocycles. The van der Waals surface area contributed by atoms with E-state index in [4.69, 9.17) is 0 Å². The fourth-order valence-electron chi connectivity index (χ4n) is 3.32. The lowest BCUT2D eigenvalue weighted by atomic mass is 10.0. The fourth-order valence-corrected chi connectivity index (χ4v) is 6.51. The van der Waals surface area contributed by atoms with E-state index in [0.29, 0.717) is 29.4 Å². The number of aryl methyl sites for hydroxylation is 4. The Morgan fingerprint density at radius 2 is 2.00 bits per heavy atom. The van der Waals surface area contributed by atoms with Crippen LogP contribution in [0.4, 0.5) is 5.69 Å². The molecule has 0 atom stereocenters. The van der Waals surface area contributed by atoms with Crippen molar-refractivity contribution in [2.75, 3.05) is 11.1 Å². The topological polar surface area (TPSA) is 118 Å². The molecule has 0 saturated heterocycles. The Morgan fingerprint density at radius 1 is 1.23 bits per heavy atom. The number of hydrogen-bond donors (Lipinski definition) is 2. The molecule has 0 radical (unpaired) electrons. The minimum atomic E-state index is -4.02. The van der Waals surface area contributed by atoms with E-state index in [-0.39, 0.29) is 16.6 Å². The van der Waals surface area contributed by atoms with E-state index in [1.54, 1.807) is 24.3 Å². The van der Waals surface area contributed by atoms with Gasteiger partial charge in [-0.2, -0.15) is 0 Å². The number of benzene rings is 1. The van der Waals surface area contributed by atoms with Crippen molar-refractivity contribution in [1.82, 2.24) is 14.7 Å². The minimum Gasteiger partial charge on any atom is -0.326 e. The molecule has 0 saturated carbocycles. The molecule has 3 aromatic rings. The average Bonchev–Trinajstić information content (AvgIpc) is 2.98. The average molecular weight is 477 g/mol. The maximum absolute atomic E-state index is 12.7. The molecule has 1 aromatic carbocycles. The molecular formula is C20H20N4O4S3. The monoisotopic (exact) mass is 476 g/mol. The van der Waals surface area contributed by atoms with Crippen LogP contribution in [0.1, 0.15) is 28.2 Å². The van der Waals surface area contributed by atoms with Gasteiger partial charge in [0.25, 0.3) is 10.0 Å². The number of carbonyl (C=O) groups is 2. The third-order valence-electron chi connectivity index (χ3n) is 4.98. The number of aromatic nitrogens is 2. The molecule has 11 heteroatoms. The van der Waals surface area contributed by atoms with E-state index < -0.39 is 15.9 Å². The quantitative estimate of drug-likeness (QED) is 0.429. The van der Waals surface area contributed by atoms with Crippen LogP contribution in [0.25, 0.3) is 10.2 Å². The zero-order valence-electron chi connectivity index (χ0n) is 17.1. The predicted octanol–water partition coefficient (Wildman–Crippen LogP) is 3.10. The van der Waals surface area contributed by atoms with Gasteiger partial charge in [-0.3, -0.25) is 9.59 Å². The molecule has 4 rings (SSSR count). The Balaban J connectivity index is 1.49. The Morgan fingerprint density at radius 3 is 2.77 bits per heavy atom. The molecule has 0 fully saturated rings. The van der Waals surface area contributed by atoms with Gasteiger partial charge >= 0.3 is 0 Å². The van der Waals surface area contributed by atoms with Crippen LogP contribution in [0.3, 0.4) is 0 Å². The van der Waals surface area contributed by atoms with Crippen molar-refractivity contribution >= 4 is 60.8 Å². The summed E-state index contributed by atoms with van der Waals surface area (Å²) >= 11 is 2.76. The second-order valence-corrected chi connectivity index (χ2v) is 11.1. The van der Waals surface area contributed by atoms with E-state index in [9.17, 15) is 18.0 Å². The maximum Gasteiger partial charge on any atom is 0.264 e. The van der Waals surface area contributed by atoms with Crippen molar-refractivity contribution in [3.05, 3.63) is 40.0 Å². The van der Waals surface area contributed by atoms with E-state index in [0.717, 1.165) is 26.2 Å². The molecule has 2 N–H and O–H groups in total. The number of anilines is 1. The lowest BCUT2D eigenvalue weighted by Crippen LogP contribution is -2.32. The zero-order chi connectivity index (χ0) is 22.3. The summed E-state index contributed by atoms with van der Waals surface area (Å²) < 4.78 is 27.5. The molecule has 0 bridgehead atoms. The van der Waals surface area contributed by atoms with Crippen molar-refractivity contribution < 1.29 is 18.0 Å². The van der Waals surface area contributed by atoms with Gasteiger partial charge in [0.05, 0.1) is 10.6 Å². The van der Waals surface area contributed by atoms with Crippen molar-refractivity contribution in [3.8, 4) is 0 Å². The summed E-state index contributed by atoms with van der Waals surface area (Å²) in [5, 5.41) is 4.28. The number of thiophene rings is 1. The number of nitrogens with one attached hydrogen (secondary N) is 2. The van der Waals surface area contributed by atoms with E-state index in [2.05, 4.69) is 20.0 Å². The second-order valence-electron chi connectivity index (χ2n) is 7.22. The molecular weight excluding hydrogens is 456 g/mol. The smallest absolute Gasteiger partial charge is 0.264 e. The van der Waals surface area contributed by atoms with E-state index in [1.807, 2.05) is 13.8 Å². The molecule has 8 nitrogen and oxygen atoms in total. The van der Waals surface area contributed by atoms with Gasteiger partial charge in [-0.15, -0.1) is 11.3 Å². The summed E-state index contributed by atoms with van der Waals surface area (Å²) in [6.07, 6.45) is 0.755. The fraction of sp³-hybridized carbons (Fsp3) is 0.300. The summed E-state index contributed by atoms with van der Waals surface area (Å²) in [7, 11) is -4.02. The summed E-state index contributed by atoms with van der Waals surface area (Å²) in [6, 6.07) is 4.41. The van der Waals surface area contributed by atoms with Crippen molar-refractivity contribution in [3.63, 3.8) is 0 Å². The lowest BCUT2D eigenvalue weighted by Gasteiger charge is -2.17. The Labute approximate surface area is 187 Å². The zero-order valence-corrected chi connectivity index (χ0v) is 19.6. The molecule has 162 valence electrons. The van der Waals surface area contributed by atoms with Crippen molar-refractivity contribution in [2.45, 2.75) is 43.5 Å². The first kappa shape index (κ1) is 21.7. The largest absolute Gasteiger partial charge is 0.326 e. The van der Waals surface area contributed by atoms with E-state index in [1.165, 1.54) is 23.9 Å². The molecule has 2 aromatic heterocycles. The molecule has 0 spiro atoms. The molecule has 1 aliphatic heterocycles. The number of amides is 2. The second kappa shape index (κ2) is 8.21. The van der Waals surface area contributed by atoms with Crippen LogP contribution in [0.5, 0.6) is 0 Å². The summed E-state index contributed by atoms with van der Waals surface area (Å²) in [5.41, 5.74) is 2.39. The number of fused-ring (bicyclic) bond motifs is 2. The molecule has 1 aliphatic rings. The molecule has 0 unspecified atom stereocenters. The molecule has 31 heavy (non-hydrogen) atoms. The predicted molar refractivity (Wildman–Crippen MR) is 121 cm³/mol. The number of sulfonamides is 1. The van der Waals surface area contributed by atoms with Crippen LogP contribution in [-0.4, -0.2) is 36.0 Å². The van der Waals surface area contributed by atoms with Crippen molar-refractivity contribution in [2.24, 2.45) is 0 Å². The number of carbonyl (C=O) groups excluding carboxylic acids is 2. The van der Waals surface area contributed by atoms with Crippen LogP contribution in [0, 0.1) is 20.8 Å². The first-order valence-corrected chi connectivity index (χ1v) is 12.8. The van der Waals surface area contributed by atoms with Gasteiger partial charge < -0.3 is 5.32 Å². The normalized spacial score (nSPS) is 13.7. The van der Waals surface area contributed by atoms with Crippen LogP contribution in [-0.2, 0) is 26.0 Å². The summed E-state index contributed by atoms with van der Waals surface area (Å²) in [6.45, 7) is 5.78. The van der Waals surface area contributed by atoms with Gasteiger partial charge in [-0.05, 0) is 56.5 Å². The SMILES string of the molecule is Cc1nc(SCC(=O)NS(=O)(=O)c2ccc3c(c2)CCC(=O)N3)c2c(C)c(C)sc2n1. The molecule has 2 amide bonds. The Bertz CT molecular complexity index is 1330. The minimum absolute atomic E-state index is 0.00896. The first-order valence-electron chi connectivity index (χ1n) is 9.49. The van der Waals surface area contributed by atoms with Gasteiger partial charge in [0.15, 0.2) is 0 Å². The number of hydrogen-bond acceptors (Lipinski definition) is 8. The van der Waals surface area contributed by atoms with Crippen LogP contribution in [0.15, 0.2) is 28.1 Å². The third kappa shape index (κ3) is 4.43. The van der Waals surface area contributed by atoms with Crippen LogP contribution < -0.4 is 10.0 Å². The number of rotatable bonds is 5. The van der Waals surface area contributed by atoms with Crippen molar-refractivity contribution in [1.29, 1.82) is 0 Å². The summed E-state index contributed by atoms with van der Waals surface area (Å²) in [4.78, 5) is 34.8. The lowest BCUT2D eigenvalue weighted by molar-refractivity contribution is -0.117. The number of thioether (sulfide) groups is 1. The molecule has 3 heterocycles. The van der Waals surface area contributed by atoms with Crippen LogP contribution >= 0.6 is 23.1 Å². The summed E-state index contributed by atoms with van der Waals surface area (Å²) in [5.74, 6) is -0.228. The van der Waals surface area contributed by atoms with E-state index >= 15 is 0 Å². The van der Waals surface area contributed by atoms with Gasteiger partial charge in [-0.25, -0.2) is 23.1 Å². The van der Waals surface area contributed by atoms with Gasteiger partial charge in [-0.1, -0.05) is 11.8 Å². The van der Waals surface area contributed by atoms with Gasteiger partial charge in [0.1, 0.15) is 15.7 Å². The van der Waals surface area contributed by atoms with Gasteiger partial charge in [0, 0.05) is 22.4 Å². The highest BCUT2D eigenvalue weighted by Gasteiger charge is 2.22. The number of nitrogens with zero attached hydrogens (tertiary/aromatic N) is 2. The first-order chi connectivity index (χ1) is 14.6. The Hall–Kier alpha value is -2.50. The highest BCUT2D eigenvalue weighted by molar-refractivity contribution is 8.00. The van der Waals surface area contributed by atoms with Gasteiger partial charge in [0.2, 0.25) is 11.8 Å². The maximum atomic E-state index is 12.7. The Kier molecular flexibility index (Phi) is 5.75.